The van der Waals surface area contributed by atoms with E-state index in [1.165, 1.54) is 70.6 Å². The highest BCUT2D eigenvalue weighted by Gasteiger charge is 2.59. The summed E-state index contributed by atoms with van der Waals surface area (Å²) in [5.74, 6) is 5.63. The molecule has 0 heterocycles. The maximum atomic E-state index is 5.75. The minimum Gasteiger partial charge on any atom is -0.381 e. The fourth-order valence-corrected chi connectivity index (χ4v) is 8.85. The smallest absolute Gasteiger partial charge is 0.0608 e. The average molecular weight is 401 g/mol. The molecule has 0 aliphatic heterocycles. The van der Waals surface area contributed by atoms with Crippen LogP contribution in [0.2, 0.25) is 0 Å². The Morgan fingerprint density at radius 3 is 2.52 bits per heavy atom. The molecule has 1 nitrogen and oxygen atoms in total. The predicted octanol–water partition coefficient (Wildman–Crippen LogP) is 8.04. The van der Waals surface area contributed by atoms with Crippen LogP contribution in [0.4, 0.5) is 0 Å². The van der Waals surface area contributed by atoms with Gasteiger partial charge >= 0.3 is 0 Å². The van der Waals surface area contributed by atoms with Gasteiger partial charge in [-0.15, -0.1) is 0 Å². The standard InChI is InChI=1S/C28H48O/c1-19(2)8-7-9-20(3)24-12-13-25-23-11-10-21-18-22(29-6)14-16-27(21,4)26(23)15-17-28(24,25)5/h10,19-20,22-26H,7-9,11-18H2,1-6H3/t20?,22?,23?,24?,25?,26?,27?,28-/m1/s1. The van der Waals surface area contributed by atoms with E-state index in [-0.39, 0.29) is 0 Å². The number of rotatable bonds is 6. The molecule has 1 heteroatoms. The Labute approximate surface area is 181 Å². The van der Waals surface area contributed by atoms with Gasteiger partial charge in [-0.1, -0.05) is 65.5 Å². The maximum Gasteiger partial charge on any atom is 0.0608 e. The lowest BCUT2D eigenvalue weighted by Crippen LogP contribution is -2.50. The van der Waals surface area contributed by atoms with Crippen LogP contribution in [0.3, 0.4) is 0 Å². The first-order valence-electron chi connectivity index (χ1n) is 13.0. The van der Waals surface area contributed by atoms with Crippen LogP contribution in [0, 0.1) is 46.3 Å². The summed E-state index contributed by atoms with van der Waals surface area (Å²) >= 11 is 0. The molecule has 3 fully saturated rings. The summed E-state index contributed by atoms with van der Waals surface area (Å²) in [6.07, 6.45) is 18.7. The molecule has 4 aliphatic carbocycles. The number of allylic oxidation sites excluding steroid dienone is 1. The van der Waals surface area contributed by atoms with Crippen molar-refractivity contribution >= 4 is 0 Å². The zero-order valence-corrected chi connectivity index (χ0v) is 20.3. The van der Waals surface area contributed by atoms with Gasteiger partial charge in [0, 0.05) is 7.11 Å². The molecule has 8 atom stereocenters. The number of hydrogen-bond acceptors (Lipinski definition) is 1. The van der Waals surface area contributed by atoms with E-state index in [1.807, 2.05) is 7.11 Å². The first kappa shape index (κ1) is 21.9. The third-order valence-corrected chi connectivity index (χ3v) is 10.6. The van der Waals surface area contributed by atoms with Gasteiger partial charge in [0.15, 0.2) is 0 Å². The van der Waals surface area contributed by atoms with Crippen molar-refractivity contribution in [1.29, 1.82) is 0 Å². The van der Waals surface area contributed by atoms with Crippen LogP contribution < -0.4 is 0 Å². The molecule has 29 heavy (non-hydrogen) atoms. The van der Waals surface area contributed by atoms with E-state index in [0.29, 0.717) is 16.9 Å². The van der Waals surface area contributed by atoms with E-state index in [4.69, 9.17) is 4.74 Å². The fraction of sp³-hybridized carbons (Fsp3) is 0.929. The van der Waals surface area contributed by atoms with E-state index < -0.39 is 0 Å². The molecule has 0 radical (unpaired) electrons. The van der Waals surface area contributed by atoms with Crippen LogP contribution in [-0.2, 0) is 4.74 Å². The van der Waals surface area contributed by atoms with E-state index in [1.54, 1.807) is 5.57 Å². The largest absolute Gasteiger partial charge is 0.381 e. The molecule has 166 valence electrons. The number of ether oxygens (including phenoxy) is 1. The molecule has 0 saturated heterocycles. The Balaban J connectivity index is 1.48. The van der Waals surface area contributed by atoms with Crippen LogP contribution >= 0.6 is 0 Å². The average Bonchev–Trinajstić information content (AvgIpc) is 3.04. The Bertz CT molecular complexity index is 605. The Morgan fingerprint density at radius 1 is 1.00 bits per heavy atom. The lowest BCUT2D eigenvalue weighted by molar-refractivity contribution is -0.0601. The van der Waals surface area contributed by atoms with Gasteiger partial charge in [-0.25, -0.2) is 0 Å². The van der Waals surface area contributed by atoms with Gasteiger partial charge < -0.3 is 4.74 Å². The highest BCUT2D eigenvalue weighted by Crippen LogP contribution is 2.67. The van der Waals surface area contributed by atoms with Crippen molar-refractivity contribution in [2.24, 2.45) is 46.3 Å². The number of methoxy groups -OCH3 is 1. The molecule has 0 aromatic rings. The molecule has 0 aromatic heterocycles. The van der Waals surface area contributed by atoms with Gasteiger partial charge in [0.2, 0.25) is 0 Å². The summed E-state index contributed by atoms with van der Waals surface area (Å²) in [6, 6.07) is 0. The van der Waals surface area contributed by atoms with Crippen molar-refractivity contribution in [2.75, 3.05) is 7.11 Å². The maximum absolute atomic E-state index is 5.75. The van der Waals surface area contributed by atoms with Gasteiger partial charge in [-0.3, -0.25) is 0 Å². The molecule has 0 amide bonds. The molecule has 0 bridgehead atoms. The van der Waals surface area contributed by atoms with Crippen molar-refractivity contribution < 1.29 is 4.74 Å². The first-order chi connectivity index (χ1) is 13.8. The Morgan fingerprint density at radius 2 is 1.79 bits per heavy atom. The van der Waals surface area contributed by atoms with E-state index >= 15 is 0 Å². The molecule has 4 aliphatic rings. The molecular weight excluding hydrogens is 352 g/mol. The molecular formula is C28H48O. The van der Waals surface area contributed by atoms with Crippen molar-refractivity contribution in [3.05, 3.63) is 11.6 Å². The van der Waals surface area contributed by atoms with E-state index in [2.05, 4.69) is 40.7 Å². The lowest BCUT2D eigenvalue weighted by Gasteiger charge is -2.58. The number of hydrogen-bond donors (Lipinski definition) is 0. The van der Waals surface area contributed by atoms with Crippen molar-refractivity contribution in [2.45, 2.75) is 111 Å². The van der Waals surface area contributed by atoms with Crippen molar-refractivity contribution in [3.8, 4) is 0 Å². The van der Waals surface area contributed by atoms with E-state index in [9.17, 15) is 0 Å². The van der Waals surface area contributed by atoms with Crippen LogP contribution in [0.1, 0.15) is 105 Å². The van der Waals surface area contributed by atoms with Gasteiger partial charge in [0.05, 0.1) is 6.10 Å². The van der Waals surface area contributed by atoms with E-state index in [0.717, 1.165) is 35.5 Å². The van der Waals surface area contributed by atoms with Crippen molar-refractivity contribution in [3.63, 3.8) is 0 Å². The molecule has 0 aromatic carbocycles. The summed E-state index contributed by atoms with van der Waals surface area (Å²) < 4.78 is 5.75. The monoisotopic (exact) mass is 400 g/mol. The zero-order valence-electron chi connectivity index (χ0n) is 20.3. The van der Waals surface area contributed by atoms with Gasteiger partial charge in [0.1, 0.15) is 0 Å². The van der Waals surface area contributed by atoms with Crippen molar-refractivity contribution in [1.82, 2.24) is 0 Å². The second-order valence-electron chi connectivity index (χ2n) is 12.4. The van der Waals surface area contributed by atoms with Crippen LogP contribution in [0.25, 0.3) is 0 Å². The lowest BCUT2D eigenvalue weighted by atomic mass is 9.47. The Kier molecular flexibility index (Phi) is 6.29. The van der Waals surface area contributed by atoms with Crippen LogP contribution in [0.5, 0.6) is 0 Å². The normalized spacial score (nSPS) is 45.3. The third-order valence-electron chi connectivity index (χ3n) is 10.6. The second-order valence-corrected chi connectivity index (χ2v) is 12.4. The summed E-state index contributed by atoms with van der Waals surface area (Å²) in [5.41, 5.74) is 2.85. The predicted molar refractivity (Wildman–Crippen MR) is 124 cm³/mol. The molecule has 0 spiro atoms. The molecule has 7 unspecified atom stereocenters. The van der Waals surface area contributed by atoms with Gasteiger partial charge in [-0.2, -0.15) is 0 Å². The number of fused-ring (bicyclic) bond motifs is 5. The van der Waals surface area contributed by atoms with Crippen LogP contribution in [0.15, 0.2) is 11.6 Å². The minimum absolute atomic E-state index is 0.472. The van der Waals surface area contributed by atoms with Gasteiger partial charge in [-0.05, 0) is 97.7 Å². The second kappa shape index (κ2) is 8.33. The summed E-state index contributed by atoms with van der Waals surface area (Å²) in [4.78, 5) is 0. The van der Waals surface area contributed by atoms with Crippen LogP contribution in [-0.4, -0.2) is 13.2 Å². The first-order valence-corrected chi connectivity index (χ1v) is 13.0. The minimum atomic E-state index is 0.472. The third kappa shape index (κ3) is 3.77. The fourth-order valence-electron chi connectivity index (χ4n) is 8.85. The molecule has 0 N–H and O–H groups in total. The summed E-state index contributed by atoms with van der Waals surface area (Å²) in [7, 11) is 1.91. The molecule has 4 rings (SSSR count). The quantitative estimate of drug-likeness (QED) is 0.410. The summed E-state index contributed by atoms with van der Waals surface area (Å²) in [6.45, 7) is 12.7. The SMILES string of the molecule is COC1CCC2(C)C(=CCC3C2CC[C@]2(C)C(C(C)CCCC(C)C)CCC32)C1. The topological polar surface area (TPSA) is 9.23 Å². The van der Waals surface area contributed by atoms with Gasteiger partial charge in [0.25, 0.3) is 0 Å². The highest BCUT2D eigenvalue weighted by atomic mass is 16.5. The Hall–Kier alpha value is -0.300. The highest BCUT2D eigenvalue weighted by molar-refractivity contribution is 5.25. The zero-order chi connectivity index (χ0) is 20.8. The molecule has 3 saturated carbocycles. The summed E-state index contributed by atoms with van der Waals surface area (Å²) in [5, 5.41) is 0.